The number of aryl methyl sites for hydroxylation is 3. The van der Waals surface area contributed by atoms with E-state index in [0.29, 0.717) is 94.8 Å². The SMILES string of the molecule is Cc1cc(-n2nc3c(c2-n2ccn(-c4ccc5c(cnn5C)c4F)c2=O)[C@H](C)N(C(=O)c2cc4cc(C[C@H]5CCOC(C)(C)C5)ccn4c2C2(c4noc(=O)[nH]4)CC2)CC3)cc(C)c1F. The third-order valence-electron chi connectivity index (χ3n) is 14.0. The lowest BCUT2D eigenvalue weighted by molar-refractivity contribution is -0.0721. The Morgan fingerprint density at radius 2 is 1.75 bits per heavy atom. The number of fused-ring (bicyclic) bond motifs is 3. The van der Waals surface area contributed by atoms with Crippen LogP contribution in [0.3, 0.4) is 0 Å². The summed E-state index contributed by atoms with van der Waals surface area (Å²) in [5.41, 5.74) is 4.89. The molecule has 2 atom stereocenters. The van der Waals surface area contributed by atoms with Crippen LogP contribution in [0.1, 0.15) is 102 Å². The molecule has 2 aromatic carbocycles. The van der Waals surface area contributed by atoms with E-state index in [9.17, 15) is 9.59 Å². The number of ether oxygens (including phenoxy) is 1. The number of nitrogens with one attached hydrogen (secondary N) is 1. The van der Waals surface area contributed by atoms with Gasteiger partial charge in [0.1, 0.15) is 11.6 Å². The Bertz CT molecular complexity index is 3350. The number of hydrogen-bond donors (Lipinski definition) is 1. The van der Waals surface area contributed by atoms with Gasteiger partial charge in [-0.15, -0.1) is 0 Å². The average molecular weight is 883 g/mol. The number of carbonyl (C=O) groups is 1. The van der Waals surface area contributed by atoms with Crippen LogP contribution >= 0.6 is 0 Å². The monoisotopic (exact) mass is 882 g/mol. The van der Waals surface area contributed by atoms with E-state index in [0.717, 1.165) is 30.3 Å². The van der Waals surface area contributed by atoms with E-state index < -0.39 is 28.7 Å². The highest BCUT2D eigenvalue weighted by molar-refractivity contribution is 5.98. The molecular formula is C48H48F2N10O5. The highest BCUT2D eigenvalue weighted by Gasteiger charge is 2.54. The topological polar surface area (TPSA) is 155 Å². The van der Waals surface area contributed by atoms with Gasteiger partial charge < -0.3 is 14.0 Å². The quantitative estimate of drug-likeness (QED) is 0.169. The Hall–Kier alpha value is -6.88. The van der Waals surface area contributed by atoms with E-state index in [1.165, 1.54) is 21.5 Å². The van der Waals surface area contributed by atoms with E-state index in [1.54, 1.807) is 65.6 Å². The molecule has 0 radical (unpaired) electrons. The summed E-state index contributed by atoms with van der Waals surface area (Å²) < 4.78 is 50.1. The van der Waals surface area contributed by atoms with E-state index in [-0.39, 0.29) is 28.4 Å². The molecule has 15 nitrogen and oxygen atoms in total. The molecule has 1 aliphatic carbocycles. The van der Waals surface area contributed by atoms with Crippen LogP contribution in [0, 0.1) is 31.4 Å². The first-order chi connectivity index (χ1) is 31.1. The summed E-state index contributed by atoms with van der Waals surface area (Å²) in [5, 5.41) is 13.7. The predicted molar refractivity (Wildman–Crippen MR) is 236 cm³/mol. The Morgan fingerprint density at radius 3 is 2.48 bits per heavy atom. The third kappa shape index (κ3) is 6.44. The minimum Gasteiger partial charge on any atom is -0.376 e. The van der Waals surface area contributed by atoms with Gasteiger partial charge in [-0.25, -0.2) is 23.1 Å². The Kier molecular flexibility index (Phi) is 9.16. The van der Waals surface area contributed by atoms with Gasteiger partial charge >= 0.3 is 11.4 Å². The number of imidazole rings is 1. The van der Waals surface area contributed by atoms with Crippen molar-refractivity contribution in [3.63, 3.8) is 0 Å². The predicted octanol–water partition coefficient (Wildman–Crippen LogP) is 7.11. The molecule has 3 aliphatic rings. The van der Waals surface area contributed by atoms with Crippen LogP contribution < -0.4 is 11.4 Å². The molecule has 1 saturated heterocycles. The van der Waals surface area contributed by atoms with Gasteiger partial charge in [-0.3, -0.25) is 28.1 Å². The third-order valence-corrected chi connectivity index (χ3v) is 14.0. The number of pyridine rings is 1. The number of benzene rings is 2. The number of H-pyrrole nitrogens is 1. The Balaban J connectivity index is 1.03. The van der Waals surface area contributed by atoms with Crippen LogP contribution in [0.5, 0.6) is 0 Å². The zero-order valence-electron chi connectivity index (χ0n) is 37.0. The molecule has 11 rings (SSSR count). The maximum atomic E-state index is 16.1. The van der Waals surface area contributed by atoms with Gasteiger partial charge in [0.2, 0.25) is 0 Å². The van der Waals surface area contributed by atoms with Crippen LogP contribution in [-0.4, -0.2) is 72.8 Å². The summed E-state index contributed by atoms with van der Waals surface area (Å²) in [7, 11) is 1.72. The van der Waals surface area contributed by atoms with Crippen LogP contribution in [0.4, 0.5) is 8.78 Å². The lowest BCUT2D eigenvalue weighted by atomic mass is 9.84. The van der Waals surface area contributed by atoms with Crippen molar-refractivity contribution in [3.8, 4) is 17.2 Å². The normalized spacial score (nSPS) is 19.0. The van der Waals surface area contributed by atoms with Crippen molar-refractivity contribution in [3.05, 3.63) is 145 Å². The summed E-state index contributed by atoms with van der Waals surface area (Å²) in [6, 6.07) is 12.2. The second-order valence-corrected chi connectivity index (χ2v) is 18.8. The lowest BCUT2D eigenvalue weighted by Crippen LogP contribution is -2.40. The molecule has 65 heavy (non-hydrogen) atoms. The molecule has 8 aromatic rings. The molecule has 0 spiro atoms. The number of halogens is 2. The fourth-order valence-corrected chi connectivity index (χ4v) is 10.6. The van der Waals surface area contributed by atoms with E-state index in [2.05, 4.69) is 41.2 Å². The summed E-state index contributed by atoms with van der Waals surface area (Å²) in [4.78, 5) is 47.0. The van der Waals surface area contributed by atoms with E-state index in [4.69, 9.17) is 14.4 Å². The van der Waals surface area contributed by atoms with Gasteiger partial charge in [-0.05, 0) is 132 Å². The fourth-order valence-electron chi connectivity index (χ4n) is 10.6. The van der Waals surface area contributed by atoms with E-state index in [1.807, 2.05) is 23.6 Å². The van der Waals surface area contributed by atoms with Crippen molar-refractivity contribution < 1.29 is 22.8 Å². The second kappa shape index (κ2) is 14.6. The van der Waals surface area contributed by atoms with Gasteiger partial charge in [0, 0.05) is 62.0 Å². The number of rotatable bonds is 8. The van der Waals surface area contributed by atoms with Gasteiger partial charge in [0.25, 0.3) is 5.91 Å². The maximum absolute atomic E-state index is 16.1. The molecule has 6 aromatic heterocycles. The first-order valence-electron chi connectivity index (χ1n) is 22.1. The van der Waals surface area contributed by atoms with E-state index >= 15 is 13.6 Å². The molecule has 2 fully saturated rings. The van der Waals surface area contributed by atoms with Crippen LogP contribution in [0.25, 0.3) is 33.6 Å². The summed E-state index contributed by atoms with van der Waals surface area (Å²) >= 11 is 0. The van der Waals surface area contributed by atoms with Gasteiger partial charge in [0.05, 0.1) is 56.8 Å². The Labute approximate surface area is 370 Å². The molecule has 1 amide bonds. The minimum atomic E-state index is -0.765. The number of amides is 1. The summed E-state index contributed by atoms with van der Waals surface area (Å²) in [5.74, 6) is -0.684. The number of carbonyl (C=O) groups excluding carboxylic acids is 1. The van der Waals surface area contributed by atoms with Crippen LogP contribution in [-0.2, 0) is 30.0 Å². The van der Waals surface area contributed by atoms with Gasteiger partial charge in [0.15, 0.2) is 11.6 Å². The number of nitrogens with zero attached hydrogens (tertiary/aromatic N) is 9. The highest BCUT2D eigenvalue weighted by Crippen LogP contribution is 2.54. The molecule has 8 heterocycles. The lowest BCUT2D eigenvalue weighted by Gasteiger charge is -2.35. The van der Waals surface area contributed by atoms with Crippen molar-refractivity contribution in [2.45, 2.75) is 90.2 Å². The van der Waals surface area contributed by atoms with Gasteiger partial charge in [-0.2, -0.15) is 10.2 Å². The van der Waals surface area contributed by atoms with Gasteiger partial charge in [-0.1, -0.05) is 5.16 Å². The zero-order valence-corrected chi connectivity index (χ0v) is 37.0. The maximum Gasteiger partial charge on any atom is 0.438 e. The first kappa shape index (κ1) is 40.9. The Morgan fingerprint density at radius 1 is 0.985 bits per heavy atom. The molecule has 17 heteroatoms. The zero-order chi connectivity index (χ0) is 45.3. The summed E-state index contributed by atoms with van der Waals surface area (Å²) in [6.07, 6.45) is 10.9. The smallest absolute Gasteiger partial charge is 0.376 e. The number of hydrogen-bond acceptors (Lipinski definition) is 8. The molecule has 1 saturated carbocycles. The number of aromatic nitrogens is 9. The van der Waals surface area contributed by atoms with Crippen LogP contribution in [0.2, 0.25) is 0 Å². The molecule has 0 unspecified atom stereocenters. The average Bonchev–Trinajstić information content (AvgIpc) is 3.72. The van der Waals surface area contributed by atoms with Crippen molar-refractivity contribution in [2.24, 2.45) is 13.0 Å². The largest absolute Gasteiger partial charge is 0.438 e. The first-order valence-corrected chi connectivity index (χ1v) is 22.1. The number of aromatic amines is 1. The minimum absolute atomic E-state index is 0.0445. The standard InChI is InChI=1S/C48H48F2N10O5/c1-26-19-32(20-27(2)39(26)49)60-42(59-17-16-58(46(59)63)37-8-7-36-34(40(37)50)25-51-55(36)6)38-28(3)56(15-10-35(38)53-60)43(61)33-23-31-22-29(21-30-11-18-64-47(4,5)24-30)9-14-57(31)41(33)48(12-13-48)44-52-45(62)65-54-44/h7-9,14,16-17,19-20,22-23,25,28,30H,10-13,15,18,21,24H2,1-6H3,(H,52,54,62)/t28-,30+/m0/s1. The summed E-state index contributed by atoms with van der Waals surface area (Å²) in [6.45, 7) is 10.5. The second-order valence-electron chi connectivity index (χ2n) is 18.8. The molecular weight excluding hydrogens is 835 g/mol. The van der Waals surface area contributed by atoms with Crippen molar-refractivity contribution in [2.75, 3.05) is 13.2 Å². The fraction of sp³-hybridized carbons (Fsp3) is 0.375. The van der Waals surface area contributed by atoms with Crippen molar-refractivity contribution >= 4 is 22.3 Å². The van der Waals surface area contributed by atoms with Crippen molar-refractivity contribution in [1.82, 2.24) is 48.1 Å². The molecule has 2 aliphatic heterocycles. The highest BCUT2D eigenvalue weighted by atomic mass is 19.1. The van der Waals surface area contributed by atoms with Crippen LogP contribution in [0.15, 0.2) is 81.4 Å². The van der Waals surface area contributed by atoms with Crippen molar-refractivity contribution in [1.29, 1.82) is 0 Å². The molecule has 334 valence electrons. The molecule has 0 bridgehead atoms. The molecule has 1 N–H and O–H groups in total.